The van der Waals surface area contributed by atoms with Crippen molar-refractivity contribution >= 4 is 5.91 Å². The Labute approximate surface area is 196 Å². The summed E-state index contributed by atoms with van der Waals surface area (Å²) >= 11 is 0. The number of nitrogens with zero attached hydrogens (tertiary/aromatic N) is 3. The molecule has 0 saturated carbocycles. The van der Waals surface area contributed by atoms with Crippen LogP contribution in [0.5, 0.6) is 5.75 Å². The maximum atomic E-state index is 13.3. The highest BCUT2D eigenvalue weighted by Crippen LogP contribution is 2.37. The Morgan fingerprint density at radius 2 is 1.88 bits per heavy atom. The van der Waals surface area contributed by atoms with Crippen LogP contribution in [0, 0.1) is 5.41 Å². The van der Waals surface area contributed by atoms with Crippen molar-refractivity contribution in [3.8, 4) is 16.9 Å². The Balaban J connectivity index is 1.57. The maximum absolute atomic E-state index is 13.3. The van der Waals surface area contributed by atoms with Crippen molar-refractivity contribution in [2.45, 2.75) is 32.7 Å². The zero-order valence-corrected chi connectivity index (χ0v) is 19.5. The fourth-order valence-corrected chi connectivity index (χ4v) is 4.91. The lowest BCUT2D eigenvalue weighted by molar-refractivity contribution is -0.134. The third-order valence-corrected chi connectivity index (χ3v) is 6.42. The van der Waals surface area contributed by atoms with Crippen LogP contribution in [0.25, 0.3) is 11.1 Å². The van der Waals surface area contributed by atoms with Gasteiger partial charge in [0.1, 0.15) is 12.1 Å². The number of ether oxygens (including phenoxy) is 1. The number of carbonyl (C=O) groups excluding carboxylic acids is 1. The normalized spacial score (nSPS) is 18.6. The summed E-state index contributed by atoms with van der Waals surface area (Å²) < 4.78 is 5.57. The first-order valence-electron chi connectivity index (χ1n) is 11.6. The third kappa shape index (κ3) is 5.40. The summed E-state index contributed by atoms with van der Waals surface area (Å²) in [5.74, 6) is 0.999. The van der Waals surface area contributed by atoms with Gasteiger partial charge in [0, 0.05) is 38.1 Å². The highest BCUT2D eigenvalue weighted by Gasteiger charge is 2.42. The lowest BCUT2D eigenvalue weighted by atomic mass is 9.73. The summed E-state index contributed by atoms with van der Waals surface area (Å²) in [5, 5.41) is 2.95. The molecule has 2 heterocycles. The molecule has 1 atom stereocenters. The van der Waals surface area contributed by atoms with Crippen molar-refractivity contribution < 1.29 is 9.53 Å². The van der Waals surface area contributed by atoms with Gasteiger partial charge in [0.2, 0.25) is 5.91 Å². The van der Waals surface area contributed by atoms with E-state index in [9.17, 15) is 4.79 Å². The average Bonchev–Trinajstić information content (AvgIpc) is 2.86. The van der Waals surface area contributed by atoms with Crippen LogP contribution in [0.1, 0.15) is 30.9 Å². The van der Waals surface area contributed by atoms with Crippen LogP contribution < -0.4 is 10.1 Å². The van der Waals surface area contributed by atoms with Gasteiger partial charge in [0.05, 0.1) is 12.0 Å². The van der Waals surface area contributed by atoms with Crippen molar-refractivity contribution in [1.29, 1.82) is 0 Å². The van der Waals surface area contributed by atoms with E-state index in [1.165, 1.54) is 11.9 Å². The van der Waals surface area contributed by atoms with Gasteiger partial charge in [0.15, 0.2) is 0 Å². The summed E-state index contributed by atoms with van der Waals surface area (Å²) in [4.78, 5) is 24.1. The Kier molecular flexibility index (Phi) is 7.35. The van der Waals surface area contributed by atoms with Crippen molar-refractivity contribution in [2.75, 3.05) is 26.7 Å². The number of carbonyl (C=O) groups is 1. The minimum Gasteiger partial charge on any atom is -0.494 e. The van der Waals surface area contributed by atoms with Gasteiger partial charge in [-0.05, 0) is 61.6 Å². The predicted octanol–water partition coefficient (Wildman–Crippen LogP) is 4.11. The molecule has 1 saturated heterocycles. The van der Waals surface area contributed by atoms with E-state index < -0.39 is 5.41 Å². The number of hydrogen-bond acceptors (Lipinski definition) is 5. The van der Waals surface area contributed by atoms with Crippen LogP contribution in [0.4, 0.5) is 0 Å². The molecule has 1 amide bonds. The SMILES string of the molecule is CCOc1ccc(CN2CCC[C@@](Cc3ccccc3-c3cncnc3)(C(=O)NC)C2)cc1. The minimum absolute atomic E-state index is 0.109. The number of benzene rings is 2. The van der Waals surface area contributed by atoms with E-state index in [4.69, 9.17) is 4.74 Å². The number of likely N-dealkylation sites (tertiary alicyclic amines) is 1. The molecule has 4 rings (SSSR count). The highest BCUT2D eigenvalue weighted by atomic mass is 16.5. The van der Waals surface area contributed by atoms with Crippen LogP contribution in [0.3, 0.4) is 0 Å². The molecular weight excluding hydrogens is 412 g/mol. The highest BCUT2D eigenvalue weighted by molar-refractivity contribution is 5.83. The van der Waals surface area contributed by atoms with E-state index in [-0.39, 0.29) is 5.91 Å². The molecule has 0 spiro atoms. The molecule has 1 aromatic heterocycles. The van der Waals surface area contributed by atoms with E-state index in [1.54, 1.807) is 7.05 Å². The van der Waals surface area contributed by atoms with Gasteiger partial charge in [-0.3, -0.25) is 9.69 Å². The first-order chi connectivity index (χ1) is 16.1. The number of nitrogens with one attached hydrogen (secondary N) is 1. The van der Waals surface area contributed by atoms with Crippen molar-refractivity contribution in [3.63, 3.8) is 0 Å². The summed E-state index contributed by atoms with van der Waals surface area (Å²) in [7, 11) is 1.74. The van der Waals surface area contributed by atoms with Gasteiger partial charge in [-0.2, -0.15) is 0 Å². The number of amides is 1. The van der Waals surface area contributed by atoms with E-state index in [2.05, 4.69) is 44.5 Å². The molecule has 6 nitrogen and oxygen atoms in total. The Morgan fingerprint density at radius 1 is 1.12 bits per heavy atom. The van der Waals surface area contributed by atoms with Gasteiger partial charge in [-0.15, -0.1) is 0 Å². The average molecular weight is 445 g/mol. The summed E-state index contributed by atoms with van der Waals surface area (Å²) in [5.41, 5.74) is 3.96. The van der Waals surface area contributed by atoms with Gasteiger partial charge in [-0.25, -0.2) is 9.97 Å². The van der Waals surface area contributed by atoms with Crippen molar-refractivity contribution in [2.24, 2.45) is 5.41 Å². The van der Waals surface area contributed by atoms with E-state index in [0.717, 1.165) is 54.9 Å². The van der Waals surface area contributed by atoms with Crippen LogP contribution in [-0.2, 0) is 17.8 Å². The van der Waals surface area contributed by atoms with Crippen molar-refractivity contribution in [3.05, 3.63) is 78.4 Å². The molecule has 1 aliphatic heterocycles. The topological polar surface area (TPSA) is 67.3 Å². The second kappa shape index (κ2) is 10.6. The monoisotopic (exact) mass is 444 g/mol. The zero-order chi connectivity index (χ0) is 23.1. The molecule has 0 radical (unpaired) electrons. The first-order valence-corrected chi connectivity index (χ1v) is 11.6. The second-order valence-electron chi connectivity index (χ2n) is 8.71. The molecule has 1 fully saturated rings. The predicted molar refractivity (Wildman–Crippen MR) is 130 cm³/mol. The Bertz CT molecular complexity index is 1060. The standard InChI is InChI=1S/C27H32N4O2/c1-3-33-24-11-9-21(10-12-24)18-31-14-6-13-27(19-31,26(32)28-2)15-22-7-4-5-8-25(22)23-16-29-20-30-17-23/h4-5,7-12,16-17,20H,3,6,13-15,18-19H2,1-2H3,(H,28,32)/t27-/m0/s1. The summed E-state index contributed by atoms with van der Waals surface area (Å²) in [6, 6.07) is 16.6. The lowest BCUT2D eigenvalue weighted by Gasteiger charge is -2.42. The Morgan fingerprint density at radius 3 is 2.61 bits per heavy atom. The molecule has 1 aliphatic rings. The lowest BCUT2D eigenvalue weighted by Crippen LogP contribution is -2.52. The summed E-state index contributed by atoms with van der Waals surface area (Å²) in [6.07, 6.45) is 7.73. The fraction of sp³-hybridized carbons (Fsp3) is 0.370. The summed E-state index contributed by atoms with van der Waals surface area (Å²) in [6.45, 7) is 5.18. The molecule has 6 heteroatoms. The van der Waals surface area contributed by atoms with Gasteiger partial charge in [0.25, 0.3) is 0 Å². The molecule has 33 heavy (non-hydrogen) atoms. The molecule has 0 aliphatic carbocycles. The Hall–Kier alpha value is -3.25. The first kappa shape index (κ1) is 22.9. The minimum atomic E-state index is -0.482. The van der Waals surface area contributed by atoms with Crippen LogP contribution >= 0.6 is 0 Å². The van der Waals surface area contributed by atoms with Crippen LogP contribution in [0.2, 0.25) is 0 Å². The third-order valence-electron chi connectivity index (χ3n) is 6.42. The van der Waals surface area contributed by atoms with Gasteiger partial charge in [-0.1, -0.05) is 36.4 Å². The molecule has 0 bridgehead atoms. The molecule has 172 valence electrons. The number of rotatable bonds is 8. The maximum Gasteiger partial charge on any atom is 0.227 e. The van der Waals surface area contributed by atoms with Gasteiger partial charge < -0.3 is 10.1 Å². The molecule has 2 aromatic carbocycles. The molecular formula is C27H32N4O2. The van der Waals surface area contributed by atoms with Crippen LogP contribution in [-0.4, -0.2) is 47.5 Å². The second-order valence-corrected chi connectivity index (χ2v) is 8.71. The fourth-order valence-electron chi connectivity index (χ4n) is 4.91. The van der Waals surface area contributed by atoms with Crippen LogP contribution in [0.15, 0.2) is 67.3 Å². The largest absolute Gasteiger partial charge is 0.494 e. The van der Waals surface area contributed by atoms with Gasteiger partial charge >= 0.3 is 0 Å². The molecule has 0 unspecified atom stereocenters. The van der Waals surface area contributed by atoms with Crippen molar-refractivity contribution in [1.82, 2.24) is 20.2 Å². The quantitative estimate of drug-likeness (QED) is 0.566. The number of hydrogen-bond donors (Lipinski definition) is 1. The molecule has 1 N–H and O–H groups in total. The molecule has 3 aromatic rings. The number of aromatic nitrogens is 2. The van der Waals surface area contributed by atoms with E-state index >= 15 is 0 Å². The van der Waals surface area contributed by atoms with E-state index in [0.29, 0.717) is 13.0 Å². The number of piperidine rings is 1. The van der Waals surface area contributed by atoms with E-state index in [1.807, 2.05) is 43.6 Å². The smallest absolute Gasteiger partial charge is 0.227 e. The zero-order valence-electron chi connectivity index (χ0n) is 19.5.